The van der Waals surface area contributed by atoms with Crippen molar-refractivity contribution in [1.82, 2.24) is 9.80 Å². The van der Waals surface area contributed by atoms with Crippen molar-refractivity contribution in [2.24, 2.45) is 0 Å². The van der Waals surface area contributed by atoms with Crippen molar-refractivity contribution in [3.63, 3.8) is 0 Å². The molecule has 0 heterocycles. The summed E-state index contributed by atoms with van der Waals surface area (Å²) in [7, 11) is -10.2. The molecule has 0 spiro atoms. The molecule has 0 saturated carbocycles. The van der Waals surface area contributed by atoms with Gasteiger partial charge >= 0.3 is 34.4 Å². The first-order chi connectivity index (χ1) is 19.6. The Labute approximate surface area is 245 Å². The fourth-order valence-corrected chi connectivity index (χ4v) is 4.51. The van der Waals surface area contributed by atoms with Gasteiger partial charge in [-0.2, -0.15) is 0 Å². The first kappa shape index (κ1) is 36.7. The van der Waals surface area contributed by atoms with E-state index in [0.717, 1.165) is 23.2 Å². The number of hydrogen-bond acceptors (Lipinski definition) is 17. The van der Waals surface area contributed by atoms with Gasteiger partial charge < -0.3 is 48.1 Å². The molecule has 0 aliphatic rings. The maximum absolute atomic E-state index is 8.94. The second-order valence-corrected chi connectivity index (χ2v) is 11.5. The summed E-state index contributed by atoms with van der Waals surface area (Å²) >= 11 is 1.09. The van der Waals surface area contributed by atoms with E-state index >= 15 is 0 Å². The normalized spacial score (nSPS) is 12.0. The average molecular weight is 680 g/mol. The first-order valence-corrected chi connectivity index (χ1v) is 17.0. The van der Waals surface area contributed by atoms with Crippen molar-refractivity contribution in [2.45, 2.75) is 13.0 Å². The van der Waals surface area contributed by atoms with Crippen LogP contribution in [-0.4, -0.2) is 88.4 Å². The van der Waals surface area contributed by atoms with Crippen LogP contribution >= 0.6 is 46.5 Å². The van der Waals surface area contributed by atoms with Crippen LogP contribution in [0.25, 0.3) is 0 Å². The molecular formula is C20H32N2O14P4S. The van der Waals surface area contributed by atoms with Crippen LogP contribution in [0, 0.1) is 0 Å². The van der Waals surface area contributed by atoms with Crippen molar-refractivity contribution in [3.05, 3.63) is 59.7 Å². The van der Waals surface area contributed by atoms with Gasteiger partial charge in [0.15, 0.2) is 5.94 Å². The second kappa shape index (κ2) is 21.3. The minimum absolute atomic E-state index is 0.155. The molecule has 8 N–H and O–H groups in total. The molecule has 2 rings (SSSR count). The van der Waals surface area contributed by atoms with E-state index < -0.39 is 34.4 Å². The molecule has 21 heteroatoms. The molecule has 0 aliphatic heterocycles. The third-order valence-electron chi connectivity index (χ3n) is 4.82. The van der Waals surface area contributed by atoms with Gasteiger partial charge in [-0.1, -0.05) is 24.3 Å². The molecule has 2 aromatic carbocycles. The minimum atomic E-state index is -2.57. The molecule has 0 bridgehead atoms. The lowest BCUT2D eigenvalue weighted by Gasteiger charge is -2.22. The molecule has 41 heavy (non-hydrogen) atoms. The second-order valence-electron chi connectivity index (χ2n) is 7.77. The third kappa shape index (κ3) is 18.1. The largest absolute Gasteiger partial charge is 0.480 e. The van der Waals surface area contributed by atoms with Gasteiger partial charge in [0.25, 0.3) is 0 Å². The molecule has 0 unspecified atom stereocenters. The highest BCUT2D eigenvalue weighted by molar-refractivity contribution is 7.94. The smallest absolute Gasteiger partial charge is 0.328 e. The van der Waals surface area contributed by atoms with Crippen molar-refractivity contribution >= 4 is 46.5 Å². The summed E-state index contributed by atoms with van der Waals surface area (Å²) in [5.41, 5.74) is 1.77. The van der Waals surface area contributed by atoms with E-state index in [4.69, 9.17) is 66.2 Å². The molecule has 2 aromatic rings. The summed E-state index contributed by atoms with van der Waals surface area (Å²) < 4.78 is 30.4. The highest BCUT2D eigenvalue weighted by Gasteiger charge is 2.13. The monoisotopic (exact) mass is 680 g/mol. The van der Waals surface area contributed by atoms with E-state index in [1.54, 1.807) is 41.3 Å². The van der Waals surface area contributed by atoms with E-state index in [0.29, 0.717) is 24.5 Å². The number of ether oxygens (including phenoxy) is 1. The van der Waals surface area contributed by atoms with E-state index in [1.165, 1.54) is 4.90 Å². The molecule has 0 fully saturated rings. The molecule has 0 saturated heterocycles. The van der Waals surface area contributed by atoms with Gasteiger partial charge in [0.2, 0.25) is 0 Å². The summed E-state index contributed by atoms with van der Waals surface area (Å²) in [5.74, 6) is 1.39. The summed E-state index contributed by atoms with van der Waals surface area (Å²) in [6, 6.07) is 14.3. The lowest BCUT2D eigenvalue weighted by molar-refractivity contribution is 0.0360. The maximum Gasteiger partial charge on any atom is 0.328 e. The topological polar surface area (TPSA) is 224 Å². The Bertz CT molecular complexity index is 929. The van der Waals surface area contributed by atoms with E-state index in [1.807, 2.05) is 12.1 Å². The quantitative estimate of drug-likeness (QED) is 0.0386. The molecule has 0 aromatic heterocycles. The SMILES string of the molecule is OP(O)OCN(CCc1ccc(OSCOc2ccc(CN(COP(O)O)COP(O)O)cc2)cc1)COP(O)O. The predicted molar refractivity (Wildman–Crippen MR) is 152 cm³/mol. The maximum atomic E-state index is 8.94. The van der Waals surface area contributed by atoms with Gasteiger partial charge in [-0.3, -0.25) is 27.9 Å². The Balaban J connectivity index is 1.73. The molecule has 0 aliphatic carbocycles. The highest BCUT2D eigenvalue weighted by Crippen LogP contribution is 2.29. The van der Waals surface area contributed by atoms with E-state index in [-0.39, 0.29) is 39.4 Å². The van der Waals surface area contributed by atoms with Crippen molar-refractivity contribution < 1.29 is 66.2 Å². The van der Waals surface area contributed by atoms with Gasteiger partial charge in [-0.25, -0.2) is 0 Å². The van der Waals surface area contributed by atoms with Crippen LogP contribution in [-0.2, 0) is 31.1 Å². The lowest BCUT2D eigenvalue weighted by atomic mass is 10.1. The van der Waals surface area contributed by atoms with Crippen LogP contribution in [0.4, 0.5) is 0 Å². The van der Waals surface area contributed by atoms with Gasteiger partial charge in [0.05, 0.1) is 12.0 Å². The van der Waals surface area contributed by atoms with Gasteiger partial charge in [0, 0.05) is 13.1 Å². The number of rotatable bonds is 22. The Morgan fingerprint density at radius 1 is 0.561 bits per heavy atom. The van der Waals surface area contributed by atoms with Crippen molar-refractivity contribution in [2.75, 3.05) is 39.4 Å². The predicted octanol–water partition coefficient (Wildman–Crippen LogP) is 2.14. The summed E-state index contributed by atoms with van der Waals surface area (Å²) in [5, 5.41) is 0. The van der Waals surface area contributed by atoms with Crippen LogP contribution in [0.3, 0.4) is 0 Å². The Kier molecular flexibility index (Phi) is 19.1. The van der Waals surface area contributed by atoms with Crippen LogP contribution in [0.2, 0.25) is 0 Å². The number of hydrogen-bond donors (Lipinski definition) is 8. The van der Waals surface area contributed by atoms with Crippen molar-refractivity contribution in [1.29, 1.82) is 0 Å². The van der Waals surface area contributed by atoms with E-state index in [2.05, 4.69) is 0 Å². The first-order valence-electron chi connectivity index (χ1n) is 11.4. The molecule has 0 radical (unpaired) electrons. The molecule has 16 nitrogen and oxygen atoms in total. The van der Waals surface area contributed by atoms with Crippen LogP contribution in [0.5, 0.6) is 11.5 Å². The zero-order valence-electron chi connectivity index (χ0n) is 21.4. The minimum Gasteiger partial charge on any atom is -0.480 e. The summed E-state index contributed by atoms with van der Waals surface area (Å²) in [6.45, 7) is -0.0199. The molecule has 232 valence electrons. The summed E-state index contributed by atoms with van der Waals surface area (Å²) in [4.78, 5) is 74.5. The average Bonchev–Trinajstić information content (AvgIpc) is 2.93. The number of benzene rings is 2. The van der Waals surface area contributed by atoms with Gasteiger partial charge in [0.1, 0.15) is 38.4 Å². The third-order valence-corrected chi connectivity index (χ3v) is 6.73. The van der Waals surface area contributed by atoms with Gasteiger partial charge in [-0.15, -0.1) is 0 Å². The highest BCUT2D eigenvalue weighted by atomic mass is 32.2. The fourth-order valence-electron chi connectivity index (χ4n) is 2.96. The van der Waals surface area contributed by atoms with Gasteiger partial charge in [-0.05, 0) is 41.8 Å². The van der Waals surface area contributed by atoms with Crippen LogP contribution in [0.15, 0.2) is 48.5 Å². The Morgan fingerprint density at radius 3 is 1.49 bits per heavy atom. The molecular weight excluding hydrogens is 648 g/mol. The van der Waals surface area contributed by atoms with E-state index in [9.17, 15) is 0 Å². The van der Waals surface area contributed by atoms with Crippen LogP contribution < -0.4 is 8.92 Å². The zero-order valence-corrected chi connectivity index (χ0v) is 25.8. The Morgan fingerprint density at radius 2 is 1.00 bits per heavy atom. The summed E-state index contributed by atoms with van der Waals surface area (Å²) in [6.07, 6.45) is 0.551. The standard InChI is InChI=1S/C20H32N2O14P4S/c23-37(24)32-12-21(13-33-38(25)26)10-9-17-1-7-20(8-2-17)36-41-16-31-19-5-3-18(4-6-19)11-22(14-34-39(27)28)15-35-40(29)30/h1-8,23-30H,9-16H2. The van der Waals surface area contributed by atoms with Crippen LogP contribution in [0.1, 0.15) is 11.1 Å². The molecule has 0 amide bonds. The lowest BCUT2D eigenvalue weighted by Crippen LogP contribution is -2.29. The van der Waals surface area contributed by atoms with Crippen molar-refractivity contribution in [3.8, 4) is 11.5 Å². The zero-order chi connectivity index (χ0) is 30.0. The molecule has 0 atom stereocenters. The number of nitrogens with zero attached hydrogens (tertiary/aromatic N) is 2. The fraction of sp³-hybridized carbons (Fsp3) is 0.400. The Hall–Kier alpha value is -0.450.